The number of nitrogens with one attached hydrogen (secondary N) is 2. The van der Waals surface area contributed by atoms with E-state index in [0.717, 1.165) is 16.7 Å². The molecule has 5 nitrogen and oxygen atoms in total. The first-order chi connectivity index (χ1) is 16.3. The van der Waals surface area contributed by atoms with E-state index >= 15 is 0 Å². The lowest BCUT2D eigenvalue weighted by Crippen LogP contribution is -2.30. The highest BCUT2D eigenvalue weighted by Crippen LogP contribution is 2.26. The highest BCUT2D eigenvalue weighted by atomic mass is 32.2. The van der Waals surface area contributed by atoms with E-state index in [9.17, 15) is 13.2 Å². The number of hydrogen-bond acceptors (Lipinski definition) is 3. The fourth-order valence-electron chi connectivity index (χ4n) is 3.77. The van der Waals surface area contributed by atoms with Gasteiger partial charge in [-0.3, -0.25) is 9.52 Å². The lowest BCUT2D eigenvalue weighted by atomic mass is 9.97. The van der Waals surface area contributed by atoms with Gasteiger partial charge in [-0.2, -0.15) is 0 Å². The Labute approximate surface area is 200 Å². The van der Waals surface area contributed by atoms with Crippen LogP contribution in [0.15, 0.2) is 108 Å². The summed E-state index contributed by atoms with van der Waals surface area (Å²) in [5.41, 5.74) is 4.20. The van der Waals surface area contributed by atoms with E-state index in [0.29, 0.717) is 16.8 Å². The summed E-state index contributed by atoms with van der Waals surface area (Å²) in [6, 6.07) is 30.8. The second-order valence-corrected chi connectivity index (χ2v) is 9.81. The largest absolute Gasteiger partial charge is 0.341 e. The molecule has 0 heterocycles. The highest BCUT2D eigenvalue weighted by molar-refractivity contribution is 7.92. The van der Waals surface area contributed by atoms with E-state index in [4.69, 9.17) is 0 Å². The third-order valence-electron chi connectivity index (χ3n) is 5.70. The van der Waals surface area contributed by atoms with Gasteiger partial charge in [0.15, 0.2) is 0 Å². The molecule has 0 aromatic heterocycles. The van der Waals surface area contributed by atoms with Crippen LogP contribution in [-0.2, 0) is 10.0 Å². The molecule has 0 saturated heterocycles. The molecule has 2 N–H and O–H groups in total. The Hall–Kier alpha value is -3.90. The molecule has 4 aromatic rings. The van der Waals surface area contributed by atoms with Crippen LogP contribution in [0.1, 0.15) is 38.7 Å². The quantitative estimate of drug-likeness (QED) is 0.368. The van der Waals surface area contributed by atoms with Crippen molar-refractivity contribution in [2.75, 3.05) is 4.72 Å². The minimum atomic E-state index is -3.79. The smallest absolute Gasteiger partial charge is 0.261 e. The Balaban J connectivity index is 1.62. The summed E-state index contributed by atoms with van der Waals surface area (Å²) in [4.78, 5) is 13.5. The fraction of sp³-hybridized carbons (Fsp3) is 0.107. The van der Waals surface area contributed by atoms with Crippen molar-refractivity contribution in [1.82, 2.24) is 5.32 Å². The standard InChI is InChI=1S/C28H26N2O3S/c1-20-16-18-24(19-17-20)34(32,33)30-26-15-9-14-25(21(26)2)28(31)29-27(22-10-5-3-6-11-22)23-12-7-4-8-13-23/h3-19,27,30H,1-2H3,(H,29,31). The van der Waals surface area contributed by atoms with Crippen LogP contribution >= 0.6 is 0 Å². The molecule has 4 rings (SSSR count). The molecule has 0 saturated carbocycles. The van der Waals surface area contributed by atoms with Gasteiger partial charge in [-0.25, -0.2) is 8.42 Å². The summed E-state index contributed by atoms with van der Waals surface area (Å²) in [5.74, 6) is -0.286. The van der Waals surface area contributed by atoms with Gasteiger partial charge < -0.3 is 5.32 Å². The van der Waals surface area contributed by atoms with Gasteiger partial charge in [0.05, 0.1) is 16.6 Å². The van der Waals surface area contributed by atoms with Crippen LogP contribution in [0.2, 0.25) is 0 Å². The molecule has 0 fully saturated rings. The fourth-order valence-corrected chi connectivity index (χ4v) is 4.90. The van der Waals surface area contributed by atoms with Gasteiger partial charge in [0.1, 0.15) is 0 Å². The molecule has 4 aromatic carbocycles. The Morgan fingerprint density at radius 1 is 0.706 bits per heavy atom. The van der Waals surface area contributed by atoms with E-state index in [1.54, 1.807) is 49.4 Å². The summed E-state index contributed by atoms with van der Waals surface area (Å²) in [5, 5.41) is 3.12. The van der Waals surface area contributed by atoms with Gasteiger partial charge >= 0.3 is 0 Å². The summed E-state index contributed by atoms with van der Waals surface area (Å²) in [6.07, 6.45) is 0. The second-order valence-electron chi connectivity index (χ2n) is 8.12. The molecular weight excluding hydrogens is 444 g/mol. The molecule has 0 spiro atoms. The molecule has 0 aliphatic carbocycles. The molecule has 0 bridgehead atoms. The third kappa shape index (κ3) is 5.18. The maximum absolute atomic E-state index is 13.4. The third-order valence-corrected chi connectivity index (χ3v) is 7.08. The van der Waals surface area contributed by atoms with E-state index in [1.807, 2.05) is 67.6 Å². The second kappa shape index (κ2) is 9.93. The number of benzene rings is 4. The molecule has 6 heteroatoms. The van der Waals surface area contributed by atoms with Crippen molar-refractivity contribution in [2.45, 2.75) is 24.8 Å². The lowest BCUT2D eigenvalue weighted by molar-refractivity contribution is 0.0942. The van der Waals surface area contributed by atoms with Crippen LogP contribution in [-0.4, -0.2) is 14.3 Å². The predicted octanol–water partition coefficient (Wildman–Crippen LogP) is 5.62. The molecule has 0 unspecified atom stereocenters. The minimum absolute atomic E-state index is 0.167. The summed E-state index contributed by atoms with van der Waals surface area (Å²) in [7, 11) is -3.79. The minimum Gasteiger partial charge on any atom is -0.341 e. The molecule has 34 heavy (non-hydrogen) atoms. The van der Waals surface area contributed by atoms with Gasteiger partial charge in [-0.05, 0) is 54.8 Å². The number of hydrogen-bond donors (Lipinski definition) is 2. The first kappa shape index (κ1) is 23.3. The van der Waals surface area contributed by atoms with Crippen molar-refractivity contribution >= 4 is 21.6 Å². The normalized spacial score (nSPS) is 11.3. The SMILES string of the molecule is Cc1ccc(S(=O)(=O)Nc2cccc(C(=O)NC(c3ccccc3)c3ccccc3)c2C)cc1. The van der Waals surface area contributed by atoms with E-state index in [-0.39, 0.29) is 16.8 Å². The Morgan fingerprint density at radius 2 is 1.26 bits per heavy atom. The van der Waals surface area contributed by atoms with Crippen LogP contribution in [0.5, 0.6) is 0 Å². The zero-order chi connectivity index (χ0) is 24.1. The Bertz CT molecular complexity index is 1350. The maximum Gasteiger partial charge on any atom is 0.261 e. The molecule has 1 amide bonds. The zero-order valence-corrected chi connectivity index (χ0v) is 19.8. The van der Waals surface area contributed by atoms with Gasteiger partial charge in [0.2, 0.25) is 0 Å². The Kier molecular flexibility index (Phi) is 6.80. The number of rotatable bonds is 7. The first-order valence-corrected chi connectivity index (χ1v) is 12.4. The number of carbonyl (C=O) groups excluding carboxylic acids is 1. The van der Waals surface area contributed by atoms with Crippen molar-refractivity contribution in [3.8, 4) is 0 Å². The number of aryl methyl sites for hydroxylation is 1. The van der Waals surface area contributed by atoms with Gasteiger partial charge in [0.25, 0.3) is 15.9 Å². The maximum atomic E-state index is 13.4. The van der Waals surface area contributed by atoms with Crippen molar-refractivity contribution in [1.29, 1.82) is 0 Å². The Morgan fingerprint density at radius 3 is 1.82 bits per heavy atom. The van der Waals surface area contributed by atoms with Crippen LogP contribution in [0.3, 0.4) is 0 Å². The summed E-state index contributed by atoms with van der Waals surface area (Å²) in [6.45, 7) is 3.64. The highest BCUT2D eigenvalue weighted by Gasteiger charge is 2.21. The van der Waals surface area contributed by atoms with Gasteiger partial charge in [-0.15, -0.1) is 0 Å². The van der Waals surface area contributed by atoms with E-state index in [1.165, 1.54) is 0 Å². The average Bonchev–Trinajstić information content (AvgIpc) is 2.85. The van der Waals surface area contributed by atoms with Gasteiger partial charge in [-0.1, -0.05) is 84.4 Å². The van der Waals surface area contributed by atoms with Crippen molar-refractivity contribution < 1.29 is 13.2 Å². The molecule has 0 aliphatic heterocycles. The van der Waals surface area contributed by atoms with Crippen molar-refractivity contribution in [2.24, 2.45) is 0 Å². The monoisotopic (exact) mass is 470 g/mol. The van der Waals surface area contributed by atoms with Crippen LogP contribution in [0, 0.1) is 13.8 Å². The van der Waals surface area contributed by atoms with Crippen molar-refractivity contribution in [3.05, 3.63) is 131 Å². The predicted molar refractivity (Wildman–Crippen MR) is 135 cm³/mol. The zero-order valence-electron chi connectivity index (χ0n) is 19.0. The number of sulfonamides is 1. The molecule has 0 aliphatic rings. The van der Waals surface area contributed by atoms with Crippen LogP contribution in [0.4, 0.5) is 5.69 Å². The summed E-state index contributed by atoms with van der Waals surface area (Å²) < 4.78 is 28.4. The van der Waals surface area contributed by atoms with Crippen molar-refractivity contribution in [3.63, 3.8) is 0 Å². The molecule has 172 valence electrons. The summed E-state index contributed by atoms with van der Waals surface area (Å²) >= 11 is 0. The van der Waals surface area contributed by atoms with E-state index in [2.05, 4.69) is 10.0 Å². The molecule has 0 atom stereocenters. The molecule has 0 radical (unpaired) electrons. The van der Waals surface area contributed by atoms with Crippen LogP contribution in [0.25, 0.3) is 0 Å². The molecular formula is C28H26N2O3S. The topological polar surface area (TPSA) is 75.3 Å². The number of anilines is 1. The first-order valence-electron chi connectivity index (χ1n) is 10.9. The van der Waals surface area contributed by atoms with Crippen LogP contribution < -0.4 is 10.0 Å². The average molecular weight is 471 g/mol. The van der Waals surface area contributed by atoms with Gasteiger partial charge in [0, 0.05) is 5.56 Å². The lowest BCUT2D eigenvalue weighted by Gasteiger charge is -2.21. The number of amides is 1. The van der Waals surface area contributed by atoms with E-state index < -0.39 is 10.0 Å². The number of carbonyl (C=O) groups is 1.